The van der Waals surface area contributed by atoms with Crippen LogP contribution in [0.1, 0.15) is 16.1 Å². The molecule has 0 atom stereocenters. The minimum atomic E-state index is -0.403. The lowest BCUT2D eigenvalue weighted by molar-refractivity contribution is 0.0972. The number of H-pyrrole nitrogens is 1. The van der Waals surface area contributed by atoms with Crippen LogP contribution in [-0.2, 0) is 6.54 Å². The average Bonchev–Trinajstić information content (AvgIpc) is 3.07. The molecule has 6 N–H and O–H groups in total. The van der Waals surface area contributed by atoms with Crippen LogP contribution in [-0.4, -0.2) is 23.9 Å². The summed E-state index contributed by atoms with van der Waals surface area (Å²) in [6.45, 7) is 0.471. The molecule has 0 aliphatic carbocycles. The Hall–Kier alpha value is -2.45. The van der Waals surface area contributed by atoms with Gasteiger partial charge in [0.05, 0.1) is 10.5 Å². The molecule has 0 spiro atoms. The standard InChI is InChI=1S/C18H18ClN5O2.2ClH/c1-22-18(21)24-17(25)16-8-13-14(19)6-12(7-15(13)23-16)26-11-4-2-10(9-20)3-5-11;;/h2-8,23H,9,20H2,1H3,(H3,21,22,24,25);2*1H. The Morgan fingerprint density at radius 3 is 2.46 bits per heavy atom. The van der Waals surface area contributed by atoms with Crippen molar-refractivity contribution >= 4 is 59.2 Å². The van der Waals surface area contributed by atoms with Gasteiger partial charge in [-0.25, -0.2) is 0 Å². The molecule has 2 aromatic carbocycles. The number of guanidine groups is 1. The van der Waals surface area contributed by atoms with Gasteiger partial charge in [-0.3, -0.25) is 15.1 Å². The average molecular weight is 445 g/mol. The number of carbonyl (C=O) groups is 1. The SMILES string of the molecule is CN=C(N)NC(=O)c1cc2c(Cl)cc(Oc3ccc(CN)cc3)cc2[nH]1.Cl.Cl. The van der Waals surface area contributed by atoms with E-state index in [4.69, 9.17) is 27.8 Å². The number of hydrogen-bond donors (Lipinski definition) is 4. The van der Waals surface area contributed by atoms with Gasteiger partial charge in [0.2, 0.25) is 0 Å². The molecule has 150 valence electrons. The van der Waals surface area contributed by atoms with Gasteiger partial charge >= 0.3 is 0 Å². The number of amides is 1. The van der Waals surface area contributed by atoms with E-state index in [9.17, 15) is 4.79 Å². The normalized spacial score (nSPS) is 10.8. The molecule has 0 aliphatic heterocycles. The first kappa shape index (κ1) is 23.6. The largest absolute Gasteiger partial charge is 0.457 e. The van der Waals surface area contributed by atoms with E-state index in [-0.39, 0.29) is 30.8 Å². The monoisotopic (exact) mass is 443 g/mol. The van der Waals surface area contributed by atoms with E-state index in [0.29, 0.717) is 39.7 Å². The second-order valence-electron chi connectivity index (χ2n) is 5.56. The van der Waals surface area contributed by atoms with Gasteiger partial charge in [0, 0.05) is 31.1 Å². The number of benzene rings is 2. The second-order valence-corrected chi connectivity index (χ2v) is 5.97. The first-order valence-corrected chi connectivity index (χ1v) is 8.20. The molecule has 0 saturated carbocycles. The number of rotatable bonds is 4. The number of aromatic nitrogens is 1. The van der Waals surface area contributed by atoms with Crippen LogP contribution in [0, 0.1) is 0 Å². The summed E-state index contributed by atoms with van der Waals surface area (Å²) in [6.07, 6.45) is 0. The number of ether oxygens (including phenoxy) is 1. The number of fused-ring (bicyclic) bond motifs is 1. The quantitative estimate of drug-likeness (QED) is 0.363. The zero-order valence-corrected chi connectivity index (χ0v) is 17.3. The first-order chi connectivity index (χ1) is 12.5. The minimum absolute atomic E-state index is 0. The lowest BCUT2D eigenvalue weighted by Gasteiger charge is -2.07. The highest BCUT2D eigenvalue weighted by atomic mass is 35.5. The Balaban J connectivity index is 0.00000196. The molecule has 28 heavy (non-hydrogen) atoms. The number of nitrogens with two attached hydrogens (primary N) is 2. The maximum atomic E-state index is 12.1. The van der Waals surface area contributed by atoms with Crippen molar-refractivity contribution in [3.8, 4) is 11.5 Å². The molecule has 10 heteroatoms. The summed E-state index contributed by atoms with van der Waals surface area (Å²) in [5, 5.41) is 3.63. The minimum Gasteiger partial charge on any atom is -0.457 e. The molecule has 0 aliphatic rings. The Kier molecular flexibility index (Phi) is 8.59. The molecule has 7 nitrogen and oxygen atoms in total. The van der Waals surface area contributed by atoms with Gasteiger partial charge in [-0.15, -0.1) is 24.8 Å². The van der Waals surface area contributed by atoms with Crippen molar-refractivity contribution in [1.29, 1.82) is 0 Å². The molecular formula is C18H20Cl3N5O2. The van der Waals surface area contributed by atoms with Gasteiger partial charge in [-0.05, 0) is 23.8 Å². The van der Waals surface area contributed by atoms with Crippen LogP contribution in [0.5, 0.6) is 11.5 Å². The van der Waals surface area contributed by atoms with E-state index in [1.54, 1.807) is 18.2 Å². The summed E-state index contributed by atoms with van der Waals surface area (Å²) >= 11 is 6.33. The topological polar surface area (TPSA) is 119 Å². The summed E-state index contributed by atoms with van der Waals surface area (Å²) in [5.41, 5.74) is 13.1. The fourth-order valence-electron chi connectivity index (χ4n) is 2.42. The lowest BCUT2D eigenvalue weighted by Crippen LogP contribution is -2.36. The molecule has 3 rings (SSSR count). The van der Waals surface area contributed by atoms with E-state index < -0.39 is 5.91 Å². The molecule has 0 unspecified atom stereocenters. The molecule has 0 fully saturated rings. The molecule has 0 saturated heterocycles. The molecule has 1 amide bonds. The molecule has 3 aromatic rings. The second kappa shape index (κ2) is 10.2. The van der Waals surface area contributed by atoms with Crippen LogP contribution in [0.2, 0.25) is 5.02 Å². The summed E-state index contributed by atoms with van der Waals surface area (Å²) in [6, 6.07) is 12.6. The number of aliphatic imine (C=N–C) groups is 1. The molecule has 0 radical (unpaired) electrons. The number of nitrogens with zero attached hydrogens (tertiary/aromatic N) is 1. The lowest BCUT2D eigenvalue weighted by atomic mass is 10.2. The zero-order chi connectivity index (χ0) is 18.7. The highest BCUT2D eigenvalue weighted by Gasteiger charge is 2.13. The van der Waals surface area contributed by atoms with Gasteiger partial charge in [0.1, 0.15) is 17.2 Å². The maximum absolute atomic E-state index is 12.1. The van der Waals surface area contributed by atoms with Crippen LogP contribution in [0.4, 0.5) is 0 Å². The van der Waals surface area contributed by atoms with Crippen molar-refractivity contribution in [2.24, 2.45) is 16.5 Å². The summed E-state index contributed by atoms with van der Waals surface area (Å²) in [4.78, 5) is 18.8. The van der Waals surface area contributed by atoms with Gasteiger partial charge < -0.3 is 21.2 Å². The molecule has 1 heterocycles. The fraction of sp³-hybridized carbons (Fsp3) is 0.111. The fourth-order valence-corrected chi connectivity index (χ4v) is 2.68. The van der Waals surface area contributed by atoms with Crippen LogP contribution in [0.3, 0.4) is 0 Å². The predicted molar refractivity (Wildman–Crippen MR) is 117 cm³/mol. The Labute approximate surface area is 179 Å². The van der Waals surface area contributed by atoms with Crippen molar-refractivity contribution in [2.45, 2.75) is 6.54 Å². The maximum Gasteiger partial charge on any atom is 0.274 e. The van der Waals surface area contributed by atoms with E-state index in [0.717, 1.165) is 5.56 Å². The van der Waals surface area contributed by atoms with Crippen molar-refractivity contribution < 1.29 is 9.53 Å². The van der Waals surface area contributed by atoms with Gasteiger partial charge in [-0.2, -0.15) is 0 Å². The number of aromatic amines is 1. The Morgan fingerprint density at radius 2 is 1.86 bits per heavy atom. The van der Waals surface area contributed by atoms with Gasteiger partial charge in [-0.1, -0.05) is 23.7 Å². The molecule has 0 bridgehead atoms. The Bertz CT molecular complexity index is 987. The summed E-state index contributed by atoms with van der Waals surface area (Å²) in [7, 11) is 1.49. The third kappa shape index (κ3) is 5.30. The van der Waals surface area contributed by atoms with Crippen LogP contribution in [0.15, 0.2) is 47.5 Å². The van der Waals surface area contributed by atoms with Crippen LogP contribution >= 0.6 is 36.4 Å². The van der Waals surface area contributed by atoms with E-state index >= 15 is 0 Å². The van der Waals surface area contributed by atoms with E-state index in [1.165, 1.54) is 7.05 Å². The predicted octanol–water partition coefficient (Wildman–Crippen LogP) is 3.59. The highest BCUT2D eigenvalue weighted by molar-refractivity contribution is 6.35. The molecule has 1 aromatic heterocycles. The number of hydrogen-bond acceptors (Lipinski definition) is 4. The van der Waals surface area contributed by atoms with E-state index in [1.807, 2.05) is 24.3 Å². The van der Waals surface area contributed by atoms with Crippen molar-refractivity contribution in [2.75, 3.05) is 7.05 Å². The number of nitrogens with one attached hydrogen (secondary N) is 2. The third-order valence-corrected chi connectivity index (χ3v) is 4.10. The van der Waals surface area contributed by atoms with Gasteiger partial charge in [0.15, 0.2) is 5.96 Å². The molecular weight excluding hydrogens is 425 g/mol. The highest BCUT2D eigenvalue weighted by Crippen LogP contribution is 2.32. The number of carbonyl (C=O) groups excluding carboxylic acids is 1. The summed E-state index contributed by atoms with van der Waals surface area (Å²) in [5.74, 6) is 0.838. The van der Waals surface area contributed by atoms with Gasteiger partial charge in [0.25, 0.3) is 5.91 Å². The third-order valence-electron chi connectivity index (χ3n) is 3.78. The summed E-state index contributed by atoms with van der Waals surface area (Å²) < 4.78 is 5.83. The van der Waals surface area contributed by atoms with Crippen molar-refractivity contribution in [3.63, 3.8) is 0 Å². The van der Waals surface area contributed by atoms with Crippen molar-refractivity contribution in [3.05, 3.63) is 58.7 Å². The zero-order valence-electron chi connectivity index (χ0n) is 14.9. The van der Waals surface area contributed by atoms with Crippen molar-refractivity contribution in [1.82, 2.24) is 10.3 Å². The smallest absolute Gasteiger partial charge is 0.274 e. The van der Waals surface area contributed by atoms with Crippen LogP contribution < -0.4 is 21.5 Å². The first-order valence-electron chi connectivity index (χ1n) is 7.83. The number of halogens is 3. The van der Waals surface area contributed by atoms with Crippen LogP contribution in [0.25, 0.3) is 10.9 Å². The Morgan fingerprint density at radius 1 is 1.18 bits per heavy atom. The van der Waals surface area contributed by atoms with E-state index in [2.05, 4.69) is 15.3 Å².